The number of carbonyl (C=O) groups excluding carboxylic acids is 2. The van der Waals surface area contributed by atoms with Crippen LogP contribution in [0.4, 0.5) is 5.69 Å². The Kier molecular flexibility index (Phi) is 6.16. The molecule has 0 aliphatic carbocycles. The quantitative estimate of drug-likeness (QED) is 0.775. The average Bonchev–Trinajstić information content (AvgIpc) is 2.91. The number of aryl methyl sites for hydroxylation is 2. The van der Waals surface area contributed by atoms with Crippen LogP contribution in [0.15, 0.2) is 28.8 Å². The number of carbonyl (C=O) groups is 2. The molecule has 2 aromatic rings. The molecule has 1 heterocycles. The van der Waals surface area contributed by atoms with Crippen LogP contribution in [-0.4, -0.2) is 30.2 Å². The molecule has 0 bridgehead atoms. The molecule has 7 nitrogen and oxygen atoms in total. The summed E-state index contributed by atoms with van der Waals surface area (Å²) in [7, 11) is 1.52. The predicted molar refractivity (Wildman–Crippen MR) is 91.5 cm³/mol. The molecular formula is C18H22N2O5. The number of rotatable bonds is 7. The summed E-state index contributed by atoms with van der Waals surface area (Å²) >= 11 is 0. The Morgan fingerprint density at radius 3 is 2.64 bits per heavy atom. The van der Waals surface area contributed by atoms with Crippen molar-refractivity contribution in [1.29, 1.82) is 0 Å². The number of hydrogen-bond acceptors (Lipinski definition) is 6. The van der Waals surface area contributed by atoms with Gasteiger partial charge in [-0.3, -0.25) is 9.59 Å². The van der Waals surface area contributed by atoms with Crippen molar-refractivity contribution in [2.75, 3.05) is 12.4 Å². The number of ether oxygens (including phenoxy) is 2. The van der Waals surface area contributed by atoms with Crippen LogP contribution in [0.3, 0.4) is 0 Å². The normalized spacial score (nSPS) is 11.7. The molecule has 0 fully saturated rings. The van der Waals surface area contributed by atoms with Crippen molar-refractivity contribution in [2.45, 2.75) is 39.7 Å². The number of aromatic nitrogens is 1. The van der Waals surface area contributed by atoms with Crippen molar-refractivity contribution in [2.24, 2.45) is 0 Å². The van der Waals surface area contributed by atoms with Gasteiger partial charge >= 0.3 is 5.97 Å². The zero-order valence-electron chi connectivity index (χ0n) is 14.8. The number of hydrogen-bond donors (Lipinski definition) is 1. The van der Waals surface area contributed by atoms with Gasteiger partial charge in [-0.05, 0) is 39.3 Å². The van der Waals surface area contributed by atoms with Crippen LogP contribution in [0.5, 0.6) is 5.75 Å². The molecule has 1 atom stereocenters. The van der Waals surface area contributed by atoms with Crippen LogP contribution in [0, 0.1) is 13.8 Å². The monoisotopic (exact) mass is 346 g/mol. The van der Waals surface area contributed by atoms with E-state index in [1.807, 2.05) is 6.92 Å². The van der Waals surface area contributed by atoms with Crippen LogP contribution in [0.25, 0.3) is 0 Å². The van der Waals surface area contributed by atoms with Crippen LogP contribution in [-0.2, 0) is 20.7 Å². The molecule has 25 heavy (non-hydrogen) atoms. The van der Waals surface area contributed by atoms with Crippen LogP contribution >= 0.6 is 0 Å². The van der Waals surface area contributed by atoms with Gasteiger partial charge in [0.1, 0.15) is 11.5 Å². The molecule has 0 spiro atoms. The van der Waals surface area contributed by atoms with E-state index in [0.717, 1.165) is 11.3 Å². The summed E-state index contributed by atoms with van der Waals surface area (Å²) in [6, 6.07) is 7.02. The molecule has 7 heteroatoms. The summed E-state index contributed by atoms with van der Waals surface area (Å²) in [5.74, 6) is 0.345. The Morgan fingerprint density at radius 2 is 2.00 bits per heavy atom. The van der Waals surface area contributed by atoms with Crippen molar-refractivity contribution in [3.8, 4) is 5.75 Å². The van der Waals surface area contributed by atoms with Gasteiger partial charge in [0, 0.05) is 12.0 Å². The third-order valence-electron chi connectivity index (χ3n) is 3.80. The average molecular weight is 346 g/mol. The second-order valence-corrected chi connectivity index (χ2v) is 5.62. The van der Waals surface area contributed by atoms with Gasteiger partial charge in [0.15, 0.2) is 6.10 Å². The Hall–Kier alpha value is -2.83. The molecule has 0 aliphatic rings. The Bertz CT molecular complexity index is 734. The van der Waals surface area contributed by atoms with Gasteiger partial charge in [-0.25, -0.2) is 0 Å². The van der Waals surface area contributed by atoms with Gasteiger partial charge in [0.2, 0.25) is 0 Å². The van der Waals surface area contributed by atoms with E-state index in [9.17, 15) is 9.59 Å². The summed E-state index contributed by atoms with van der Waals surface area (Å²) in [4.78, 5) is 24.2. The Labute approximate surface area is 146 Å². The lowest BCUT2D eigenvalue weighted by Crippen LogP contribution is -2.30. The largest absolute Gasteiger partial charge is 0.495 e. The first kappa shape index (κ1) is 18.5. The van der Waals surface area contributed by atoms with Gasteiger partial charge in [-0.2, -0.15) is 0 Å². The van der Waals surface area contributed by atoms with Gasteiger partial charge < -0.3 is 19.3 Å². The summed E-state index contributed by atoms with van der Waals surface area (Å²) < 4.78 is 15.4. The molecule has 1 aromatic heterocycles. The summed E-state index contributed by atoms with van der Waals surface area (Å²) in [6.07, 6.45) is -0.308. The zero-order chi connectivity index (χ0) is 18.4. The van der Waals surface area contributed by atoms with Crippen molar-refractivity contribution in [3.05, 3.63) is 41.3 Å². The second kappa shape index (κ2) is 8.32. The lowest BCUT2D eigenvalue weighted by molar-refractivity contribution is -0.153. The first-order valence-corrected chi connectivity index (χ1v) is 7.97. The maximum absolute atomic E-state index is 12.2. The van der Waals surface area contributed by atoms with Crippen LogP contribution in [0.1, 0.15) is 30.4 Å². The molecule has 134 valence electrons. The van der Waals surface area contributed by atoms with Gasteiger partial charge in [-0.1, -0.05) is 17.3 Å². The van der Waals surface area contributed by atoms with E-state index >= 15 is 0 Å². The van der Waals surface area contributed by atoms with E-state index in [0.29, 0.717) is 23.6 Å². The molecule has 1 aromatic carbocycles. The smallest absolute Gasteiger partial charge is 0.306 e. The van der Waals surface area contributed by atoms with Gasteiger partial charge in [-0.15, -0.1) is 0 Å². The molecule has 2 rings (SSSR count). The maximum atomic E-state index is 12.2. The third kappa shape index (κ3) is 4.82. The van der Waals surface area contributed by atoms with Gasteiger partial charge in [0.25, 0.3) is 5.91 Å². The lowest BCUT2D eigenvalue weighted by Gasteiger charge is -2.15. The summed E-state index contributed by atoms with van der Waals surface area (Å²) in [5, 5.41) is 6.53. The van der Waals surface area contributed by atoms with Crippen molar-refractivity contribution in [1.82, 2.24) is 5.16 Å². The molecule has 0 saturated carbocycles. The standard InChI is InChI=1S/C18H22N2O5/c1-11-14(12(2)25-20-11)9-10-17(21)24-13(3)18(22)19-15-7-5-6-8-16(15)23-4/h5-8,13H,9-10H2,1-4H3,(H,19,22)/t13-/m1/s1. The van der Waals surface area contributed by atoms with Crippen molar-refractivity contribution >= 4 is 17.6 Å². The third-order valence-corrected chi connectivity index (χ3v) is 3.80. The summed E-state index contributed by atoms with van der Waals surface area (Å²) in [5.41, 5.74) is 2.17. The van der Waals surface area contributed by atoms with E-state index in [2.05, 4.69) is 10.5 Å². The minimum atomic E-state index is -0.915. The minimum absolute atomic E-state index is 0.148. The number of amides is 1. The fraction of sp³-hybridized carbons (Fsp3) is 0.389. The predicted octanol–water partition coefficient (Wildman–Crippen LogP) is 2.80. The molecule has 0 radical (unpaired) electrons. The molecular weight excluding hydrogens is 324 g/mol. The number of anilines is 1. The summed E-state index contributed by atoms with van der Waals surface area (Å²) in [6.45, 7) is 5.14. The highest BCUT2D eigenvalue weighted by molar-refractivity contribution is 5.96. The Morgan fingerprint density at radius 1 is 1.28 bits per heavy atom. The molecule has 1 amide bonds. The number of nitrogens with zero attached hydrogens (tertiary/aromatic N) is 1. The highest BCUT2D eigenvalue weighted by atomic mass is 16.5. The highest BCUT2D eigenvalue weighted by Crippen LogP contribution is 2.23. The number of esters is 1. The van der Waals surface area contributed by atoms with E-state index in [4.69, 9.17) is 14.0 Å². The lowest BCUT2D eigenvalue weighted by atomic mass is 10.1. The molecule has 1 N–H and O–H groups in total. The minimum Gasteiger partial charge on any atom is -0.495 e. The fourth-order valence-electron chi connectivity index (χ4n) is 2.38. The molecule has 0 unspecified atom stereocenters. The SMILES string of the molecule is COc1ccccc1NC(=O)[C@@H](C)OC(=O)CCc1c(C)noc1C. The van der Waals surface area contributed by atoms with E-state index < -0.39 is 18.0 Å². The topological polar surface area (TPSA) is 90.7 Å². The van der Waals surface area contributed by atoms with E-state index in [1.165, 1.54) is 14.0 Å². The zero-order valence-corrected chi connectivity index (χ0v) is 14.8. The maximum Gasteiger partial charge on any atom is 0.306 e. The first-order valence-electron chi connectivity index (χ1n) is 7.97. The molecule has 0 aliphatic heterocycles. The number of nitrogens with one attached hydrogen (secondary N) is 1. The highest BCUT2D eigenvalue weighted by Gasteiger charge is 2.20. The molecule has 0 saturated heterocycles. The number of para-hydroxylation sites is 2. The van der Waals surface area contributed by atoms with Crippen molar-refractivity contribution in [3.63, 3.8) is 0 Å². The van der Waals surface area contributed by atoms with Crippen molar-refractivity contribution < 1.29 is 23.6 Å². The second-order valence-electron chi connectivity index (χ2n) is 5.62. The fourth-order valence-corrected chi connectivity index (χ4v) is 2.38. The Balaban J connectivity index is 1.87. The van der Waals surface area contributed by atoms with Gasteiger partial charge in [0.05, 0.1) is 18.5 Å². The first-order chi connectivity index (χ1) is 11.9. The van der Waals surface area contributed by atoms with Crippen LogP contribution in [0.2, 0.25) is 0 Å². The van der Waals surface area contributed by atoms with E-state index in [-0.39, 0.29) is 6.42 Å². The number of benzene rings is 1. The van der Waals surface area contributed by atoms with Crippen LogP contribution < -0.4 is 10.1 Å². The number of methoxy groups -OCH3 is 1. The van der Waals surface area contributed by atoms with E-state index in [1.54, 1.807) is 31.2 Å².